The van der Waals surface area contributed by atoms with Crippen LogP contribution in [-0.4, -0.2) is 52.3 Å². The quantitative estimate of drug-likeness (QED) is 0.325. The zero-order valence-corrected chi connectivity index (χ0v) is 22.4. The highest BCUT2D eigenvalue weighted by Gasteiger charge is 2.34. The Kier molecular flexibility index (Phi) is 6.49. The van der Waals surface area contributed by atoms with E-state index in [4.69, 9.17) is 10.2 Å². The maximum Gasteiger partial charge on any atom is 0.266 e. The molecule has 4 aromatic heterocycles. The number of thiazole rings is 1. The van der Waals surface area contributed by atoms with E-state index in [1.165, 1.54) is 17.3 Å². The molecule has 1 aromatic carbocycles. The molecule has 1 amide bonds. The van der Waals surface area contributed by atoms with Gasteiger partial charge in [-0.25, -0.2) is 19.6 Å². The van der Waals surface area contributed by atoms with Gasteiger partial charge in [-0.15, -0.1) is 21.5 Å². The van der Waals surface area contributed by atoms with Gasteiger partial charge in [0.15, 0.2) is 5.82 Å². The number of nitrogens with zero attached hydrogens (tertiary/aromatic N) is 8. The first-order chi connectivity index (χ1) is 18.9. The van der Waals surface area contributed by atoms with Gasteiger partial charge in [0.25, 0.3) is 11.8 Å². The van der Waals surface area contributed by atoms with E-state index < -0.39 is 5.54 Å². The van der Waals surface area contributed by atoms with Crippen LogP contribution in [0.15, 0.2) is 64.9 Å². The highest BCUT2D eigenvalue weighted by molar-refractivity contribution is 7.09. The van der Waals surface area contributed by atoms with Crippen molar-refractivity contribution in [3.63, 3.8) is 0 Å². The SMILES string of the molecule is Cc1csc([C@H]2CCCN2C(=O)c2cc(-c3nnc([C@](C)(N)Cc4ccccc4)o3)nc(-n3cncn3)c2)n1. The molecule has 0 spiro atoms. The van der Waals surface area contributed by atoms with Crippen LogP contribution in [0.25, 0.3) is 17.4 Å². The van der Waals surface area contributed by atoms with Crippen LogP contribution in [-0.2, 0) is 12.0 Å². The van der Waals surface area contributed by atoms with Gasteiger partial charge in [-0.3, -0.25) is 4.79 Å². The summed E-state index contributed by atoms with van der Waals surface area (Å²) >= 11 is 1.58. The molecule has 198 valence electrons. The Morgan fingerprint density at radius 2 is 2.05 bits per heavy atom. The van der Waals surface area contributed by atoms with Crippen molar-refractivity contribution < 1.29 is 9.21 Å². The first-order valence-corrected chi connectivity index (χ1v) is 13.5. The first kappa shape index (κ1) is 25.0. The summed E-state index contributed by atoms with van der Waals surface area (Å²) in [4.78, 5) is 29.1. The van der Waals surface area contributed by atoms with Gasteiger partial charge in [0.05, 0.1) is 11.6 Å². The van der Waals surface area contributed by atoms with Gasteiger partial charge in [-0.2, -0.15) is 5.10 Å². The second-order valence-electron chi connectivity index (χ2n) is 9.92. The number of aryl methyl sites for hydroxylation is 1. The predicted molar refractivity (Wildman–Crippen MR) is 144 cm³/mol. The second-order valence-corrected chi connectivity index (χ2v) is 10.8. The number of nitrogens with two attached hydrogens (primary N) is 1. The van der Waals surface area contributed by atoms with Crippen LogP contribution >= 0.6 is 11.3 Å². The van der Waals surface area contributed by atoms with Crippen LogP contribution in [0.3, 0.4) is 0 Å². The van der Waals surface area contributed by atoms with Crippen LogP contribution in [0.2, 0.25) is 0 Å². The van der Waals surface area contributed by atoms with Crippen molar-refractivity contribution in [1.29, 1.82) is 0 Å². The average molecular weight is 542 g/mol. The molecule has 1 aliphatic heterocycles. The predicted octanol–water partition coefficient (Wildman–Crippen LogP) is 3.87. The van der Waals surface area contributed by atoms with Gasteiger partial charge < -0.3 is 15.1 Å². The molecule has 6 rings (SSSR count). The van der Waals surface area contributed by atoms with Crippen molar-refractivity contribution in [1.82, 2.24) is 39.8 Å². The van der Waals surface area contributed by atoms with Gasteiger partial charge in [-0.05, 0) is 50.8 Å². The Balaban J connectivity index is 1.35. The van der Waals surface area contributed by atoms with Crippen LogP contribution in [0.1, 0.15) is 58.3 Å². The largest absolute Gasteiger partial charge is 0.417 e. The number of hydrogen-bond acceptors (Lipinski definition) is 10. The van der Waals surface area contributed by atoms with Crippen LogP contribution in [0.4, 0.5) is 0 Å². The summed E-state index contributed by atoms with van der Waals surface area (Å²) in [5.41, 5.74) is 8.49. The van der Waals surface area contributed by atoms with Crippen molar-refractivity contribution in [2.45, 2.75) is 44.7 Å². The molecular weight excluding hydrogens is 514 g/mol. The van der Waals surface area contributed by atoms with Crippen molar-refractivity contribution in [3.05, 3.63) is 88.2 Å². The average Bonchev–Trinajstić information content (AvgIpc) is 3.74. The number of rotatable bonds is 7. The fourth-order valence-electron chi connectivity index (χ4n) is 4.80. The molecule has 1 saturated heterocycles. The number of carbonyl (C=O) groups is 1. The van der Waals surface area contributed by atoms with Gasteiger partial charge in [0.1, 0.15) is 23.4 Å². The first-order valence-electron chi connectivity index (χ1n) is 12.6. The summed E-state index contributed by atoms with van der Waals surface area (Å²) in [6.07, 6.45) is 5.22. The topological polar surface area (TPSA) is 142 Å². The summed E-state index contributed by atoms with van der Waals surface area (Å²) in [5.74, 6) is 0.733. The molecule has 2 atom stereocenters. The third-order valence-corrected chi connectivity index (χ3v) is 7.76. The third-order valence-electron chi connectivity index (χ3n) is 6.69. The van der Waals surface area contributed by atoms with E-state index in [0.29, 0.717) is 30.0 Å². The van der Waals surface area contributed by atoms with E-state index >= 15 is 0 Å². The molecule has 0 aliphatic carbocycles. The second kappa shape index (κ2) is 10.1. The highest BCUT2D eigenvalue weighted by Crippen LogP contribution is 2.35. The molecule has 5 aromatic rings. The molecule has 0 bridgehead atoms. The van der Waals surface area contributed by atoms with Crippen LogP contribution in [0.5, 0.6) is 0 Å². The number of amides is 1. The Hall–Kier alpha value is -4.29. The molecule has 1 aliphatic rings. The summed E-state index contributed by atoms with van der Waals surface area (Å²) in [6, 6.07) is 13.2. The molecule has 11 nitrogen and oxygen atoms in total. The van der Waals surface area contributed by atoms with Crippen LogP contribution < -0.4 is 5.73 Å². The molecule has 0 unspecified atom stereocenters. The van der Waals surface area contributed by atoms with Gasteiger partial charge in [0.2, 0.25) is 5.89 Å². The van der Waals surface area contributed by atoms with Crippen molar-refractivity contribution in [3.8, 4) is 17.4 Å². The summed E-state index contributed by atoms with van der Waals surface area (Å²) in [6.45, 7) is 4.46. The van der Waals surface area contributed by atoms with E-state index in [2.05, 4.69) is 30.2 Å². The Morgan fingerprint density at radius 3 is 2.79 bits per heavy atom. The lowest BCUT2D eigenvalue weighted by atomic mass is 9.94. The Morgan fingerprint density at radius 1 is 1.21 bits per heavy atom. The van der Waals surface area contributed by atoms with Crippen molar-refractivity contribution in [2.24, 2.45) is 5.73 Å². The third kappa shape index (κ3) is 5.08. The maximum atomic E-state index is 13.9. The number of hydrogen-bond donors (Lipinski definition) is 1. The molecule has 2 N–H and O–H groups in total. The van der Waals surface area contributed by atoms with E-state index in [0.717, 1.165) is 29.1 Å². The molecule has 5 heterocycles. The lowest BCUT2D eigenvalue weighted by Crippen LogP contribution is -2.35. The standard InChI is InChI=1S/C27H27N9O2S/c1-17-14-39-24(31-17)21-9-6-10-35(21)25(37)19-11-20(32-22(12-19)36-16-29-15-30-36)23-33-34-26(38-23)27(2,28)13-18-7-4-3-5-8-18/h3-5,7-8,11-12,14-16,21H,6,9-10,13,28H2,1-2H3/t21-,27-/m1/s1. The van der Waals surface area contributed by atoms with Crippen molar-refractivity contribution in [2.75, 3.05) is 6.54 Å². The normalized spacial score (nSPS) is 16.9. The summed E-state index contributed by atoms with van der Waals surface area (Å²) in [7, 11) is 0. The molecule has 39 heavy (non-hydrogen) atoms. The number of aromatic nitrogens is 7. The minimum Gasteiger partial charge on any atom is -0.417 e. The van der Waals surface area contributed by atoms with E-state index in [1.54, 1.807) is 23.5 Å². The number of likely N-dealkylation sites (tertiary alicyclic amines) is 1. The van der Waals surface area contributed by atoms with E-state index in [-0.39, 0.29) is 23.7 Å². The monoisotopic (exact) mass is 541 g/mol. The fourth-order valence-corrected chi connectivity index (χ4v) is 5.75. The Labute approximate surface area is 228 Å². The molecule has 1 fully saturated rings. The van der Waals surface area contributed by atoms with E-state index in [1.807, 2.05) is 54.5 Å². The number of carbonyl (C=O) groups excluding carboxylic acids is 1. The molecular formula is C27H27N9O2S. The number of benzene rings is 1. The zero-order chi connectivity index (χ0) is 27.0. The van der Waals surface area contributed by atoms with Gasteiger partial charge in [0, 0.05) is 23.2 Å². The lowest BCUT2D eigenvalue weighted by molar-refractivity contribution is 0.0735. The highest BCUT2D eigenvalue weighted by atomic mass is 32.1. The Bertz CT molecular complexity index is 1590. The summed E-state index contributed by atoms with van der Waals surface area (Å²) in [5, 5.41) is 15.6. The zero-order valence-electron chi connectivity index (χ0n) is 21.6. The summed E-state index contributed by atoms with van der Waals surface area (Å²) < 4.78 is 7.54. The van der Waals surface area contributed by atoms with E-state index in [9.17, 15) is 4.79 Å². The maximum absolute atomic E-state index is 13.9. The lowest BCUT2D eigenvalue weighted by Gasteiger charge is -2.23. The molecule has 0 saturated carbocycles. The fraction of sp³-hybridized carbons (Fsp3) is 0.296. The molecule has 0 radical (unpaired) electrons. The van der Waals surface area contributed by atoms with Gasteiger partial charge in [-0.1, -0.05) is 30.3 Å². The van der Waals surface area contributed by atoms with Crippen LogP contribution in [0, 0.1) is 6.92 Å². The minimum atomic E-state index is -0.899. The van der Waals surface area contributed by atoms with Crippen molar-refractivity contribution >= 4 is 17.2 Å². The minimum absolute atomic E-state index is 0.0615. The van der Waals surface area contributed by atoms with Gasteiger partial charge >= 0.3 is 0 Å². The number of pyridine rings is 1. The smallest absolute Gasteiger partial charge is 0.266 e. The molecule has 12 heteroatoms.